The van der Waals surface area contributed by atoms with Gasteiger partial charge in [0.25, 0.3) is 0 Å². The standard InChI is InChI=1S/C28H31FIN3O4S/c1-3-17-31-28(35)26(18-21-9-5-4-6-10-21)32(19-22-11-7-8-12-25(22)29)27(34)20-33(38(2,36)37)24-15-13-23(30)14-16-24/h4-16,26H,3,17-20H2,1-2H3,(H,31,35)/t26-/m0/s1. The Kier molecular flexibility index (Phi) is 10.7. The minimum atomic E-state index is -3.85. The van der Waals surface area contributed by atoms with Gasteiger partial charge in [-0.15, -0.1) is 0 Å². The Balaban J connectivity index is 2.04. The summed E-state index contributed by atoms with van der Waals surface area (Å²) < 4.78 is 42.1. The lowest BCUT2D eigenvalue weighted by Crippen LogP contribution is -2.53. The summed E-state index contributed by atoms with van der Waals surface area (Å²) in [5.74, 6) is -1.53. The Morgan fingerprint density at radius 2 is 1.61 bits per heavy atom. The van der Waals surface area contributed by atoms with E-state index in [4.69, 9.17) is 0 Å². The molecule has 0 spiro atoms. The Bertz CT molecular complexity index is 1340. The lowest BCUT2D eigenvalue weighted by atomic mass is 10.0. The highest BCUT2D eigenvalue weighted by Crippen LogP contribution is 2.22. The van der Waals surface area contributed by atoms with E-state index in [-0.39, 0.29) is 24.4 Å². The maximum Gasteiger partial charge on any atom is 0.244 e. The number of hydrogen-bond acceptors (Lipinski definition) is 4. The Morgan fingerprint density at radius 1 is 0.974 bits per heavy atom. The van der Waals surface area contributed by atoms with E-state index in [0.29, 0.717) is 18.7 Å². The van der Waals surface area contributed by atoms with Gasteiger partial charge in [0.15, 0.2) is 0 Å². The van der Waals surface area contributed by atoms with E-state index < -0.39 is 34.3 Å². The number of nitrogens with one attached hydrogen (secondary N) is 1. The fourth-order valence-electron chi connectivity index (χ4n) is 3.95. The van der Waals surface area contributed by atoms with Crippen LogP contribution < -0.4 is 9.62 Å². The monoisotopic (exact) mass is 651 g/mol. The van der Waals surface area contributed by atoms with Crippen LogP contribution in [0.2, 0.25) is 0 Å². The molecule has 1 N–H and O–H groups in total. The fraction of sp³-hybridized carbons (Fsp3) is 0.286. The molecule has 0 aliphatic carbocycles. The Labute approximate surface area is 237 Å². The summed E-state index contributed by atoms with van der Waals surface area (Å²) >= 11 is 2.11. The van der Waals surface area contributed by atoms with Gasteiger partial charge in [-0.3, -0.25) is 13.9 Å². The molecule has 0 unspecified atom stereocenters. The van der Waals surface area contributed by atoms with Crippen LogP contribution in [0.5, 0.6) is 0 Å². The van der Waals surface area contributed by atoms with Crippen LogP contribution in [-0.4, -0.2) is 50.5 Å². The van der Waals surface area contributed by atoms with Crippen LogP contribution >= 0.6 is 22.6 Å². The SMILES string of the molecule is CCCNC(=O)[C@H](Cc1ccccc1)N(Cc1ccccc1F)C(=O)CN(c1ccc(I)cc1)S(C)(=O)=O. The lowest BCUT2D eigenvalue weighted by molar-refractivity contribution is -0.140. The van der Waals surface area contributed by atoms with Crippen LogP contribution in [0.4, 0.5) is 10.1 Å². The van der Waals surface area contributed by atoms with Gasteiger partial charge >= 0.3 is 0 Å². The molecule has 3 aromatic carbocycles. The van der Waals surface area contributed by atoms with Gasteiger partial charge in [-0.2, -0.15) is 0 Å². The van der Waals surface area contributed by atoms with Crippen molar-refractivity contribution in [3.63, 3.8) is 0 Å². The van der Waals surface area contributed by atoms with Crippen LogP contribution in [0.1, 0.15) is 24.5 Å². The van der Waals surface area contributed by atoms with Crippen molar-refractivity contribution in [2.75, 3.05) is 23.7 Å². The van der Waals surface area contributed by atoms with Crippen molar-refractivity contribution in [1.29, 1.82) is 0 Å². The first-order chi connectivity index (χ1) is 18.1. The highest BCUT2D eigenvalue weighted by molar-refractivity contribution is 14.1. The zero-order valence-corrected chi connectivity index (χ0v) is 24.3. The second kappa shape index (κ2) is 13.7. The smallest absolute Gasteiger partial charge is 0.244 e. The third kappa shape index (κ3) is 8.26. The number of benzene rings is 3. The first kappa shape index (κ1) is 29.6. The van der Waals surface area contributed by atoms with Crippen molar-refractivity contribution < 1.29 is 22.4 Å². The molecule has 3 aromatic rings. The maximum absolute atomic E-state index is 14.7. The van der Waals surface area contributed by atoms with Crippen LogP contribution in [0.3, 0.4) is 0 Å². The van der Waals surface area contributed by atoms with Crippen molar-refractivity contribution in [3.8, 4) is 0 Å². The summed E-state index contributed by atoms with van der Waals surface area (Å²) in [6.45, 7) is 1.58. The summed E-state index contributed by atoms with van der Waals surface area (Å²) in [7, 11) is -3.85. The molecule has 10 heteroatoms. The average molecular weight is 652 g/mol. The molecule has 0 radical (unpaired) electrons. The number of nitrogens with zero attached hydrogens (tertiary/aromatic N) is 2. The predicted molar refractivity (Wildman–Crippen MR) is 156 cm³/mol. The van der Waals surface area contributed by atoms with Gasteiger partial charge in [-0.25, -0.2) is 12.8 Å². The number of carbonyl (C=O) groups is 2. The molecule has 0 bridgehead atoms. The molecule has 3 rings (SSSR count). The van der Waals surface area contributed by atoms with Gasteiger partial charge in [-0.05, 0) is 64.9 Å². The quantitative estimate of drug-likeness (QED) is 0.295. The average Bonchev–Trinajstić information content (AvgIpc) is 2.89. The third-order valence-electron chi connectivity index (χ3n) is 5.91. The van der Waals surface area contributed by atoms with Gasteiger partial charge < -0.3 is 10.2 Å². The molecule has 202 valence electrons. The normalized spacial score (nSPS) is 12.0. The fourth-order valence-corrected chi connectivity index (χ4v) is 5.16. The van der Waals surface area contributed by atoms with Crippen molar-refractivity contribution in [2.45, 2.75) is 32.4 Å². The molecule has 0 heterocycles. The van der Waals surface area contributed by atoms with Gasteiger partial charge in [0.2, 0.25) is 21.8 Å². The van der Waals surface area contributed by atoms with E-state index in [1.54, 1.807) is 42.5 Å². The summed E-state index contributed by atoms with van der Waals surface area (Å²) in [6.07, 6.45) is 1.90. The molecule has 0 aliphatic heterocycles. The molecule has 0 aromatic heterocycles. The van der Waals surface area contributed by atoms with Gasteiger partial charge in [0.1, 0.15) is 18.4 Å². The van der Waals surface area contributed by atoms with Gasteiger partial charge in [-0.1, -0.05) is 55.5 Å². The number of rotatable bonds is 12. The minimum absolute atomic E-state index is 0.180. The summed E-state index contributed by atoms with van der Waals surface area (Å²) in [6, 6.07) is 21.0. The molecule has 1 atom stereocenters. The third-order valence-corrected chi connectivity index (χ3v) is 7.77. The second-order valence-electron chi connectivity index (χ2n) is 8.86. The number of hydrogen-bond donors (Lipinski definition) is 1. The zero-order valence-electron chi connectivity index (χ0n) is 21.3. The van der Waals surface area contributed by atoms with E-state index in [0.717, 1.165) is 19.7 Å². The van der Waals surface area contributed by atoms with E-state index in [1.807, 2.05) is 37.3 Å². The molecule has 2 amide bonds. The van der Waals surface area contributed by atoms with Crippen molar-refractivity contribution in [1.82, 2.24) is 10.2 Å². The molecular formula is C28H31FIN3O4S. The highest BCUT2D eigenvalue weighted by Gasteiger charge is 2.33. The molecule has 38 heavy (non-hydrogen) atoms. The Morgan fingerprint density at radius 3 is 2.21 bits per heavy atom. The predicted octanol–water partition coefficient (Wildman–Crippen LogP) is 4.36. The number of amides is 2. The zero-order chi connectivity index (χ0) is 27.7. The van der Waals surface area contributed by atoms with Gasteiger partial charge in [0, 0.05) is 28.6 Å². The minimum Gasteiger partial charge on any atom is -0.354 e. The van der Waals surface area contributed by atoms with E-state index in [2.05, 4.69) is 27.9 Å². The number of carbonyl (C=O) groups excluding carboxylic acids is 2. The number of halogens is 2. The van der Waals surface area contributed by atoms with Crippen LogP contribution in [0.25, 0.3) is 0 Å². The number of sulfonamides is 1. The van der Waals surface area contributed by atoms with Crippen molar-refractivity contribution in [3.05, 3.63) is 99.4 Å². The Hall–Kier alpha value is -2.99. The van der Waals surface area contributed by atoms with Crippen molar-refractivity contribution in [2.24, 2.45) is 0 Å². The van der Waals surface area contributed by atoms with Crippen LogP contribution in [0, 0.1) is 9.39 Å². The van der Waals surface area contributed by atoms with E-state index >= 15 is 0 Å². The molecule has 0 aliphatic rings. The lowest BCUT2D eigenvalue weighted by Gasteiger charge is -2.33. The maximum atomic E-state index is 14.7. The molecule has 0 saturated heterocycles. The summed E-state index contributed by atoms with van der Waals surface area (Å²) in [5, 5.41) is 2.85. The second-order valence-corrected chi connectivity index (χ2v) is 12.0. The van der Waals surface area contributed by atoms with Gasteiger partial charge in [0.05, 0.1) is 11.9 Å². The number of anilines is 1. The van der Waals surface area contributed by atoms with Crippen molar-refractivity contribution >= 4 is 50.1 Å². The largest absolute Gasteiger partial charge is 0.354 e. The van der Waals surface area contributed by atoms with Crippen LogP contribution in [0.15, 0.2) is 78.9 Å². The molecular weight excluding hydrogens is 620 g/mol. The molecule has 7 nitrogen and oxygen atoms in total. The van der Waals surface area contributed by atoms with Crippen LogP contribution in [-0.2, 0) is 32.6 Å². The molecule has 0 fully saturated rings. The first-order valence-corrected chi connectivity index (χ1v) is 15.1. The summed E-state index contributed by atoms with van der Waals surface area (Å²) in [4.78, 5) is 28.5. The highest BCUT2D eigenvalue weighted by atomic mass is 127. The molecule has 0 saturated carbocycles. The summed E-state index contributed by atoms with van der Waals surface area (Å²) in [5.41, 5.74) is 1.36. The topological polar surface area (TPSA) is 86.8 Å². The first-order valence-electron chi connectivity index (χ1n) is 12.2. The van der Waals surface area contributed by atoms with E-state index in [9.17, 15) is 22.4 Å². The van der Waals surface area contributed by atoms with E-state index in [1.165, 1.54) is 11.0 Å².